The van der Waals surface area contributed by atoms with Crippen molar-refractivity contribution in [1.29, 1.82) is 0 Å². The van der Waals surface area contributed by atoms with Crippen LogP contribution in [0.15, 0.2) is 45.6 Å². The number of halogens is 4. The zero-order valence-corrected chi connectivity index (χ0v) is 29.4. The second-order valence-electron chi connectivity index (χ2n) is 13.0. The highest BCUT2D eigenvalue weighted by molar-refractivity contribution is 9.10. The summed E-state index contributed by atoms with van der Waals surface area (Å²) >= 11 is 6.49. The van der Waals surface area contributed by atoms with E-state index >= 15 is 0 Å². The van der Waals surface area contributed by atoms with Crippen molar-refractivity contribution >= 4 is 76.9 Å². The minimum Gasteiger partial charge on any atom is -0.381 e. The fourth-order valence-electron chi connectivity index (χ4n) is 8.05. The summed E-state index contributed by atoms with van der Waals surface area (Å²) in [5.41, 5.74) is 3.67. The molecule has 48 heavy (non-hydrogen) atoms. The minimum absolute atomic E-state index is 0. The van der Waals surface area contributed by atoms with E-state index in [0.29, 0.717) is 58.2 Å². The first-order chi connectivity index (χ1) is 22.5. The lowest BCUT2D eigenvalue weighted by Gasteiger charge is -2.44. The molecular weight excluding hydrogens is 750 g/mol. The Bertz CT molecular complexity index is 1950. The van der Waals surface area contributed by atoms with Crippen LogP contribution in [-0.4, -0.2) is 55.3 Å². The van der Waals surface area contributed by atoms with Crippen molar-refractivity contribution in [2.75, 3.05) is 43.7 Å². The Hall–Kier alpha value is -3.06. The van der Waals surface area contributed by atoms with Crippen molar-refractivity contribution in [1.82, 2.24) is 9.97 Å². The molecule has 8 rings (SSSR count). The molecule has 2 amide bonds. The van der Waals surface area contributed by atoms with Crippen LogP contribution in [0, 0.1) is 23.5 Å². The van der Waals surface area contributed by atoms with Gasteiger partial charge in [-0.1, -0.05) is 7.43 Å². The average molecular weight is 789 g/mol. The molecule has 4 heterocycles. The molecule has 2 saturated carbocycles. The predicted molar refractivity (Wildman–Crippen MR) is 189 cm³/mol. The topological polar surface area (TPSA) is 93.6 Å². The smallest absolute Gasteiger partial charge is 0.237 e. The van der Waals surface area contributed by atoms with Gasteiger partial charge in [0.25, 0.3) is 0 Å². The number of rotatable bonds is 6. The average Bonchev–Trinajstić information content (AvgIpc) is 3.43. The van der Waals surface area contributed by atoms with Crippen LogP contribution in [0.3, 0.4) is 0 Å². The summed E-state index contributed by atoms with van der Waals surface area (Å²) in [5.74, 6) is 0.220. The van der Waals surface area contributed by atoms with Gasteiger partial charge in [0.2, 0.25) is 11.8 Å². The highest BCUT2D eigenvalue weighted by atomic mass is 79.9. The van der Waals surface area contributed by atoms with Crippen LogP contribution in [0.2, 0.25) is 0 Å². The molecule has 0 bridgehead atoms. The van der Waals surface area contributed by atoms with Crippen LogP contribution >= 0.6 is 31.9 Å². The molecule has 0 unspecified atom stereocenters. The van der Waals surface area contributed by atoms with E-state index in [0.717, 1.165) is 59.0 Å². The number of carbonyl (C=O) groups is 2. The van der Waals surface area contributed by atoms with Crippen LogP contribution in [-0.2, 0) is 29.9 Å². The molecule has 8 nitrogen and oxygen atoms in total. The molecule has 0 saturated heterocycles. The fourth-order valence-corrected chi connectivity index (χ4v) is 8.74. The Kier molecular flexibility index (Phi) is 9.42. The number of likely N-dealkylation sites (N-methyl/N-ethyl adjacent to an activating group) is 1. The third kappa shape index (κ3) is 5.34. The van der Waals surface area contributed by atoms with Gasteiger partial charge in [0.05, 0.1) is 54.6 Å². The van der Waals surface area contributed by atoms with Crippen LogP contribution < -0.4 is 10.2 Å². The van der Waals surface area contributed by atoms with E-state index in [4.69, 9.17) is 9.47 Å². The summed E-state index contributed by atoms with van der Waals surface area (Å²) in [5, 5.41) is 4.63. The minimum atomic E-state index is -0.518. The normalized spacial score (nSPS) is 24.9. The third-order valence-electron chi connectivity index (χ3n) is 10.2. The number of fused-ring (bicyclic) bond motifs is 8. The molecule has 0 atom stereocenters. The zero-order chi connectivity index (χ0) is 33.2. The molecular formula is C36H38Br2F2N4O4. The summed E-state index contributed by atoms with van der Waals surface area (Å²) < 4.78 is 39.4. The van der Waals surface area contributed by atoms with Gasteiger partial charge in [-0.05, 0) is 95.4 Å². The molecule has 2 aliphatic carbocycles. The van der Waals surface area contributed by atoms with Crippen LogP contribution in [0.1, 0.15) is 58.1 Å². The molecule has 12 heteroatoms. The summed E-state index contributed by atoms with van der Waals surface area (Å²) in [7, 11) is 1.79. The van der Waals surface area contributed by atoms with Crippen LogP contribution in [0.5, 0.6) is 0 Å². The highest BCUT2D eigenvalue weighted by Crippen LogP contribution is 2.58. The number of hydrogen-bond acceptors (Lipinski definition) is 6. The maximum absolute atomic E-state index is 13.9. The maximum Gasteiger partial charge on any atom is 0.237 e. The summed E-state index contributed by atoms with van der Waals surface area (Å²) in [6.07, 6.45) is 6.40. The summed E-state index contributed by atoms with van der Waals surface area (Å²) in [4.78, 5) is 35.9. The second kappa shape index (κ2) is 13.0. The predicted octanol–water partition coefficient (Wildman–Crippen LogP) is 8.21. The molecule has 2 aromatic heterocycles. The number of hydrogen-bond donors (Lipinski definition) is 1. The maximum atomic E-state index is 13.9. The molecule has 2 aliphatic heterocycles. The van der Waals surface area contributed by atoms with Crippen molar-refractivity contribution in [3.8, 4) is 0 Å². The Morgan fingerprint density at radius 1 is 0.833 bits per heavy atom. The third-order valence-corrected chi connectivity index (χ3v) is 11.4. The first kappa shape index (κ1) is 34.8. The molecule has 2 fully saturated rings. The van der Waals surface area contributed by atoms with E-state index in [-0.39, 0.29) is 30.9 Å². The molecule has 2 aromatic carbocycles. The molecule has 2 spiro atoms. The van der Waals surface area contributed by atoms with Crippen LogP contribution in [0.4, 0.5) is 20.2 Å². The molecule has 254 valence electrons. The van der Waals surface area contributed by atoms with Gasteiger partial charge in [0.1, 0.15) is 11.6 Å². The van der Waals surface area contributed by atoms with Gasteiger partial charge in [-0.25, -0.2) is 8.78 Å². The number of ether oxygens (including phenoxy) is 2. The Morgan fingerprint density at radius 2 is 1.33 bits per heavy atom. The summed E-state index contributed by atoms with van der Waals surface area (Å²) in [6.45, 7) is 6.69. The van der Waals surface area contributed by atoms with Crippen molar-refractivity contribution in [3.05, 3.63) is 68.4 Å². The fraction of sp³-hybridized carbons (Fsp3) is 0.444. The number of nitrogens with zero attached hydrogens (tertiary/aromatic N) is 3. The number of benzene rings is 2. The monoisotopic (exact) mass is 786 g/mol. The van der Waals surface area contributed by atoms with E-state index < -0.39 is 10.8 Å². The van der Waals surface area contributed by atoms with Crippen molar-refractivity contribution < 1.29 is 27.8 Å². The number of anilines is 2. The molecule has 0 radical (unpaired) electrons. The second-order valence-corrected chi connectivity index (χ2v) is 14.7. The van der Waals surface area contributed by atoms with Gasteiger partial charge in [-0.2, -0.15) is 0 Å². The number of nitrogens with one attached hydrogen (secondary N) is 1. The number of pyridine rings is 2. The van der Waals surface area contributed by atoms with Gasteiger partial charge in [0.15, 0.2) is 0 Å². The SMILES string of the molecule is C.CCOCC1CC2(C1)C(=O)N(C)c1cnc3cc(F)c(Br)cc3c12.CCOCC1CC2(C1)C(=O)Nc1cnc3cc(F)c(Br)cc3c12. The lowest BCUT2D eigenvalue weighted by molar-refractivity contribution is -0.129. The first-order valence-corrected chi connectivity index (χ1v) is 17.4. The summed E-state index contributed by atoms with van der Waals surface area (Å²) in [6, 6.07) is 6.31. The first-order valence-electron chi connectivity index (χ1n) is 15.8. The van der Waals surface area contributed by atoms with Crippen molar-refractivity contribution in [2.24, 2.45) is 11.8 Å². The number of aromatic nitrogens is 2. The molecule has 4 aromatic rings. The number of amides is 2. The number of carbonyl (C=O) groups excluding carboxylic acids is 2. The van der Waals surface area contributed by atoms with E-state index in [1.54, 1.807) is 36.5 Å². The standard InChI is InChI=1S/C18H18BrFN2O2.C17H16BrFN2O2.CH4/c1-3-24-9-10-6-18(7-10)16-11-4-12(19)13(20)5-14(11)21-8-15(16)22(2)17(18)23;1-2-23-8-9-5-17(6-9)15-10-3-11(18)12(19)4-13(10)20-7-14(15)21-16(17)22;/h4-5,8,10H,3,6-7,9H2,1-2H3;3-4,7,9H,2,5-6,8H2,1H3,(H,21,22);1H4. The van der Waals surface area contributed by atoms with E-state index in [2.05, 4.69) is 47.1 Å². The highest BCUT2D eigenvalue weighted by Gasteiger charge is 2.59. The van der Waals surface area contributed by atoms with Gasteiger partial charge in [0, 0.05) is 67.5 Å². The van der Waals surface area contributed by atoms with Crippen molar-refractivity contribution in [2.45, 2.75) is 57.8 Å². The Labute approximate surface area is 295 Å². The largest absolute Gasteiger partial charge is 0.381 e. The van der Waals surface area contributed by atoms with Gasteiger partial charge in [-0.3, -0.25) is 19.6 Å². The van der Waals surface area contributed by atoms with Gasteiger partial charge >= 0.3 is 0 Å². The van der Waals surface area contributed by atoms with E-state index in [1.807, 2.05) is 13.8 Å². The van der Waals surface area contributed by atoms with Gasteiger partial charge < -0.3 is 19.7 Å². The Morgan fingerprint density at radius 3 is 1.88 bits per heavy atom. The molecule has 4 aliphatic rings. The Balaban J connectivity index is 0.000000164. The molecule has 1 N–H and O–H groups in total. The van der Waals surface area contributed by atoms with Crippen molar-refractivity contribution in [3.63, 3.8) is 0 Å². The lowest BCUT2D eigenvalue weighted by atomic mass is 9.59. The lowest BCUT2D eigenvalue weighted by Crippen LogP contribution is -2.50. The zero-order valence-electron chi connectivity index (χ0n) is 26.3. The van der Waals surface area contributed by atoms with Gasteiger partial charge in [-0.15, -0.1) is 0 Å². The van der Waals surface area contributed by atoms with E-state index in [1.165, 1.54) is 12.1 Å². The van der Waals surface area contributed by atoms with Crippen LogP contribution in [0.25, 0.3) is 21.8 Å². The van der Waals surface area contributed by atoms with E-state index in [9.17, 15) is 18.4 Å². The quantitative estimate of drug-likeness (QED) is 0.212.